The second kappa shape index (κ2) is 8.04. The molecule has 0 radical (unpaired) electrons. The molecule has 1 aliphatic carbocycles. The van der Waals surface area contributed by atoms with E-state index in [1.54, 1.807) is 13.8 Å². The Bertz CT molecular complexity index is 614. The summed E-state index contributed by atoms with van der Waals surface area (Å²) in [6, 6.07) is 2.53. The van der Waals surface area contributed by atoms with Crippen LogP contribution in [0.4, 0.5) is 5.82 Å². The number of ether oxygens (including phenoxy) is 1. The van der Waals surface area contributed by atoms with Crippen molar-refractivity contribution in [3.8, 4) is 5.75 Å². The first-order valence-electron chi connectivity index (χ1n) is 9.47. The van der Waals surface area contributed by atoms with Gasteiger partial charge in [-0.1, -0.05) is 19.3 Å². The quantitative estimate of drug-likeness (QED) is 0.798. The maximum absolute atomic E-state index is 12.3. The number of anilines is 1. The summed E-state index contributed by atoms with van der Waals surface area (Å²) in [7, 11) is 0. The van der Waals surface area contributed by atoms with Crippen LogP contribution >= 0.6 is 0 Å². The van der Waals surface area contributed by atoms with Gasteiger partial charge >= 0.3 is 5.97 Å². The Kier molecular flexibility index (Phi) is 5.78. The Labute approximate surface area is 149 Å². The lowest BCUT2D eigenvalue weighted by molar-refractivity contribution is 0.0526. The number of hydrogen-bond acceptors (Lipinski definition) is 6. The summed E-state index contributed by atoms with van der Waals surface area (Å²) in [5.74, 6) is 0.230. The molecule has 1 aromatic rings. The maximum Gasteiger partial charge on any atom is 0.342 e. The second-order valence-corrected chi connectivity index (χ2v) is 7.12. The molecule has 0 spiro atoms. The van der Waals surface area contributed by atoms with Gasteiger partial charge < -0.3 is 20.1 Å². The van der Waals surface area contributed by atoms with E-state index >= 15 is 0 Å². The number of aromatic nitrogens is 1. The lowest BCUT2D eigenvalue weighted by atomic mass is 9.95. The molecule has 2 aliphatic rings. The maximum atomic E-state index is 12.3. The molecule has 1 saturated carbocycles. The highest BCUT2D eigenvalue weighted by Crippen LogP contribution is 2.29. The van der Waals surface area contributed by atoms with Crippen molar-refractivity contribution in [2.24, 2.45) is 0 Å². The van der Waals surface area contributed by atoms with E-state index in [0.717, 1.165) is 19.5 Å². The highest BCUT2D eigenvalue weighted by Gasteiger charge is 2.29. The Morgan fingerprint density at radius 3 is 2.80 bits per heavy atom. The van der Waals surface area contributed by atoms with Gasteiger partial charge in [0.2, 0.25) is 0 Å². The minimum absolute atomic E-state index is 0.0304. The monoisotopic (exact) mass is 347 g/mol. The molecule has 6 nitrogen and oxygen atoms in total. The largest absolute Gasteiger partial charge is 0.506 e. The van der Waals surface area contributed by atoms with E-state index in [-0.39, 0.29) is 5.75 Å². The number of hydrogen-bond donors (Lipinski definition) is 2. The van der Waals surface area contributed by atoms with Gasteiger partial charge in [-0.25, -0.2) is 9.78 Å². The number of nitrogens with one attached hydrogen (secondary N) is 1. The van der Waals surface area contributed by atoms with Gasteiger partial charge in [0, 0.05) is 31.2 Å². The van der Waals surface area contributed by atoms with E-state index in [1.165, 1.54) is 38.2 Å². The van der Waals surface area contributed by atoms with E-state index in [9.17, 15) is 9.90 Å². The minimum atomic E-state index is -0.427. The van der Waals surface area contributed by atoms with Crippen molar-refractivity contribution in [1.82, 2.24) is 10.3 Å². The fourth-order valence-electron chi connectivity index (χ4n) is 3.87. The summed E-state index contributed by atoms with van der Waals surface area (Å²) in [6.45, 7) is 5.52. The van der Waals surface area contributed by atoms with Crippen LogP contribution in [0.1, 0.15) is 61.5 Å². The summed E-state index contributed by atoms with van der Waals surface area (Å²) < 4.78 is 5.14. The van der Waals surface area contributed by atoms with E-state index in [2.05, 4.69) is 15.2 Å². The molecule has 138 valence electrons. The fraction of sp³-hybridized carbons (Fsp3) is 0.684. The molecule has 1 saturated heterocycles. The molecule has 25 heavy (non-hydrogen) atoms. The fourth-order valence-corrected chi connectivity index (χ4v) is 3.87. The van der Waals surface area contributed by atoms with Crippen LogP contribution in [-0.4, -0.2) is 47.8 Å². The first-order valence-corrected chi connectivity index (χ1v) is 9.47. The number of nitrogens with zero attached hydrogens (tertiary/aromatic N) is 2. The van der Waals surface area contributed by atoms with Crippen LogP contribution in [0.3, 0.4) is 0 Å². The molecule has 1 unspecified atom stereocenters. The van der Waals surface area contributed by atoms with Crippen LogP contribution < -0.4 is 10.2 Å². The molecule has 3 rings (SSSR count). The Morgan fingerprint density at radius 1 is 1.32 bits per heavy atom. The van der Waals surface area contributed by atoms with Gasteiger partial charge in [0.25, 0.3) is 0 Å². The predicted octanol–water partition coefficient (Wildman–Crippen LogP) is 2.77. The van der Waals surface area contributed by atoms with Gasteiger partial charge in [-0.2, -0.15) is 0 Å². The third-order valence-electron chi connectivity index (χ3n) is 5.23. The standard InChI is InChI=1S/C19H29N3O3/c1-3-25-19(24)16-11-17(23)13(2)20-18(16)22-10-9-15(12-22)21-14-7-5-4-6-8-14/h11,14-15,21,23H,3-10,12H2,1-2H3. The van der Waals surface area contributed by atoms with Crippen molar-refractivity contribution >= 4 is 11.8 Å². The Hall–Kier alpha value is -1.82. The van der Waals surface area contributed by atoms with Gasteiger partial charge in [-0.3, -0.25) is 0 Å². The number of esters is 1. The Morgan fingerprint density at radius 2 is 2.08 bits per heavy atom. The third kappa shape index (κ3) is 4.24. The summed E-state index contributed by atoms with van der Waals surface area (Å²) in [6.07, 6.45) is 7.57. The van der Waals surface area contributed by atoms with Crippen molar-refractivity contribution in [2.75, 3.05) is 24.6 Å². The molecule has 1 aliphatic heterocycles. The SMILES string of the molecule is CCOC(=O)c1cc(O)c(C)nc1N1CCC(NC2CCCCC2)C1. The van der Waals surface area contributed by atoms with Gasteiger partial charge in [0.05, 0.1) is 12.3 Å². The molecular formula is C19H29N3O3. The topological polar surface area (TPSA) is 74.7 Å². The van der Waals surface area contributed by atoms with E-state index < -0.39 is 5.97 Å². The predicted molar refractivity (Wildman–Crippen MR) is 97.2 cm³/mol. The summed E-state index contributed by atoms with van der Waals surface area (Å²) >= 11 is 0. The molecule has 2 N–H and O–H groups in total. The average molecular weight is 347 g/mol. The number of carbonyl (C=O) groups is 1. The van der Waals surface area contributed by atoms with Crippen LogP contribution in [0.5, 0.6) is 5.75 Å². The first kappa shape index (κ1) is 18.0. The lowest BCUT2D eigenvalue weighted by Gasteiger charge is -2.27. The highest BCUT2D eigenvalue weighted by atomic mass is 16.5. The van der Waals surface area contributed by atoms with Gasteiger partial charge in [-0.05, 0) is 33.1 Å². The van der Waals surface area contributed by atoms with E-state index in [0.29, 0.717) is 35.8 Å². The molecule has 2 fully saturated rings. The zero-order valence-electron chi connectivity index (χ0n) is 15.3. The summed E-state index contributed by atoms with van der Waals surface area (Å²) in [5, 5.41) is 13.7. The van der Waals surface area contributed by atoms with E-state index in [4.69, 9.17) is 4.74 Å². The number of rotatable bonds is 5. The van der Waals surface area contributed by atoms with Crippen LogP contribution in [0.15, 0.2) is 6.07 Å². The molecular weight excluding hydrogens is 318 g/mol. The van der Waals surface area contributed by atoms with Crippen LogP contribution in [0.25, 0.3) is 0 Å². The number of pyridine rings is 1. The highest BCUT2D eigenvalue weighted by molar-refractivity contribution is 5.95. The van der Waals surface area contributed by atoms with Gasteiger partial charge in [-0.15, -0.1) is 0 Å². The van der Waals surface area contributed by atoms with Crippen LogP contribution in [0, 0.1) is 6.92 Å². The van der Waals surface area contributed by atoms with Crippen molar-refractivity contribution < 1.29 is 14.6 Å². The summed E-state index contributed by atoms with van der Waals surface area (Å²) in [5.41, 5.74) is 0.884. The third-order valence-corrected chi connectivity index (χ3v) is 5.23. The molecule has 0 amide bonds. The number of aryl methyl sites for hydroxylation is 1. The van der Waals surface area contributed by atoms with Crippen molar-refractivity contribution in [1.29, 1.82) is 0 Å². The smallest absolute Gasteiger partial charge is 0.342 e. The molecule has 6 heteroatoms. The zero-order chi connectivity index (χ0) is 17.8. The van der Waals surface area contributed by atoms with Crippen molar-refractivity contribution in [3.05, 3.63) is 17.3 Å². The molecule has 0 aromatic carbocycles. The minimum Gasteiger partial charge on any atom is -0.506 e. The lowest BCUT2D eigenvalue weighted by Crippen LogP contribution is -2.41. The Balaban J connectivity index is 1.72. The molecule has 1 atom stereocenters. The first-order chi connectivity index (χ1) is 12.1. The second-order valence-electron chi connectivity index (χ2n) is 7.12. The summed E-state index contributed by atoms with van der Waals surface area (Å²) in [4.78, 5) is 18.9. The van der Waals surface area contributed by atoms with E-state index in [1.807, 2.05) is 0 Å². The van der Waals surface area contributed by atoms with Gasteiger partial charge in [0.15, 0.2) is 0 Å². The zero-order valence-corrected chi connectivity index (χ0v) is 15.3. The molecule has 1 aromatic heterocycles. The molecule has 0 bridgehead atoms. The van der Waals surface area contributed by atoms with Crippen molar-refractivity contribution in [2.45, 2.75) is 64.5 Å². The average Bonchev–Trinajstić information content (AvgIpc) is 3.06. The van der Waals surface area contributed by atoms with Crippen LogP contribution in [0.2, 0.25) is 0 Å². The number of aromatic hydroxyl groups is 1. The number of carbonyl (C=O) groups excluding carboxylic acids is 1. The van der Waals surface area contributed by atoms with Crippen LogP contribution in [-0.2, 0) is 4.74 Å². The normalized spacial score (nSPS) is 21.5. The van der Waals surface area contributed by atoms with Gasteiger partial charge in [0.1, 0.15) is 17.1 Å². The molecule has 2 heterocycles. The van der Waals surface area contributed by atoms with Crippen molar-refractivity contribution in [3.63, 3.8) is 0 Å².